The maximum absolute atomic E-state index is 3.57. The van der Waals surface area contributed by atoms with Crippen molar-refractivity contribution < 1.29 is 49.0 Å². The molecule has 8 rings (SSSR count). The quantitative estimate of drug-likeness (QED) is 0.324. The van der Waals surface area contributed by atoms with Crippen molar-refractivity contribution >= 4 is 25.8 Å². The molecule has 4 saturated carbocycles. The molecule has 0 aromatic heterocycles. The molecule has 232 valence electrons. The molecule has 0 amide bonds. The van der Waals surface area contributed by atoms with Gasteiger partial charge in [0.15, 0.2) is 0 Å². The van der Waals surface area contributed by atoms with Crippen LogP contribution in [0.15, 0.2) is 59.7 Å². The van der Waals surface area contributed by atoms with Crippen LogP contribution in [0.1, 0.15) is 111 Å². The van der Waals surface area contributed by atoms with Crippen LogP contribution in [0.5, 0.6) is 0 Å². The molecule has 4 fully saturated rings. The van der Waals surface area contributed by atoms with Crippen LogP contribution in [0.25, 0.3) is 21.5 Å². The van der Waals surface area contributed by atoms with E-state index in [0.29, 0.717) is 11.3 Å². The summed E-state index contributed by atoms with van der Waals surface area (Å²) in [6, 6.07) is 16.1. The maximum Gasteiger partial charge on any atom is -1.00 e. The first kappa shape index (κ1) is 36.6. The largest absolute Gasteiger partial charge is 1.00 e. The molecule has 3 aromatic rings. The molecule has 0 radical (unpaired) electrons. The summed E-state index contributed by atoms with van der Waals surface area (Å²) in [4.78, 5) is 0. The number of fused-ring (bicyclic) bond motifs is 3. The molecule has 5 aliphatic rings. The van der Waals surface area contributed by atoms with Gasteiger partial charge in [-0.2, -0.15) is 11.6 Å². The SMILES string of the molecule is CC(C)(C)c1ccc2[cH-]c3ccc(C(C)(C)C)cc3c2c1.CC1=[C-]C(C)C=C1CC12CC3CC(CC(C3)C1)C2.[CH2]=[Zr+2].[Cl-].[Cl-]. The Bertz CT molecular complexity index is 1370. The Hall–Kier alpha value is -0.877. The minimum atomic E-state index is 0. The standard InChI is InChI=1S/C21H25.C18H25.CH2.2ClH.Zr/c1-20(2,3)16-9-7-14-11-15-8-10-17(21(4,5)6)13-19(15)18(14)12-16;1-12-3-13(2)17(4-12)11-18-8-14-5-15(9-18)7-16(6-14)10-18;;;;/h7-13H,1-6H3;4,12,14-16H,5-11H2,1-2H3;1H2;2*1H;/q2*-1;;;;+2/p-2. The van der Waals surface area contributed by atoms with Gasteiger partial charge in [-0.25, -0.2) is 5.57 Å². The van der Waals surface area contributed by atoms with Gasteiger partial charge < -0.3 is 24.8 Å². The molecule has 0 aliphatic heterocycles. The fraction of sp³-hybridized carbons (Fsp3) is 0.550. The van der Waals surface area contributed by atoms with E-state index in [4.69, 9.17) is 0 Å². The summed E-state index contributed by atoms with van der Waals surface area (Å²) < 4.78 is 3.34. The molecule has 0 N–H and O–H groups in total. The Morgan fingerprint density at radius 1 is 0.791 bits per heavy atom. The van der Waals surface area contributed by atoms with Crippen LogP contribution in [-0.4, -0.2) is 4.21 Å². The predicted octanol–water partition coefficient (Wildman–Crippen LogP) is 5.20. The second-order valence-corrected chi connectivity index (χ2v) is 16.1. The van der Waals surface area contributed by atoms with Gasteiger partial charge in [0.25, 0.3) is 0 Å². The molecular formula is C40H52Cl2Zr-2. The second kappa shape index (κ2) is 13.9. The molecule has 0 nitrogen and oxygen atoms in total. The minimum Gasteiger partial charge on any atom is -1.00 e. The van der Waals surface area contributed by atoms with Gasteiger partial charge in [-0.05, 0) is 72.5 Å². The molecule has 43 heavy (non-hydrogen) atoms. The first-order valence-electron chi connectivity index (χ1n) is 16.1. The smallest absolute Gasteiger partial charge is 1.00 e. The van der Waals surface area contributed by atoms with E-state index in [2.05, 4.69) is 114 Å². The molecule has 0 spiro atoms. The van der Waals surface area contributed by atoms with Crippen molar-refractivity contribution in [3.05, 3.63) is 76.9 Å². The molecule has 0 saturated heterocycles. The number of rotatable bonds is 2. The van der Waals surface area contributed by atoms with Gasteiger partial charge in [-0.15, -0.1) is 39.7 Å². The first-order valence-corrected chi connectivity index (χ1v) is 17.8. The summed E-state index contributed by atoms with van der Waals surface area (Å²) in [5, 5.41) is 5.49. The predicted molar refractivity (Wildman–Crippen MR) is 176 cm³/mol. The van der Waals surface area contributed by atoms with E-state index < -0.39 is 0 Å². The zero-order chi connectivity index (χ0) is 29.7. The van der Waals surface area contributed by atoms with Crippen LogP contribution in [0.4, 0.5) is 0 Å². The van der Waals surface area contributed by atoms with Gasteiger partial charge in [-0.1, -0.05) is 103 Å². The topological polar surface area (TPSA) is 0 Å². The number of benzene rings is 2. The third-order valence-electron chi connectivity index (χ3n) is 10.5. The number of allylic oxidation sites excluding steroid dienone is 4. The van der Waals surface area contributed by atoms with E-state index in [-0.39, 0.29) is 35.6 Å². The van der Waals surface area contributed by atoms with E-state index in [0.717, 1.165) is 17.8 Å². The molecule has 0 heterocycles. The van der Waals surface area contributed by atoms with Gasteiger partial charge in [-0.3, -0.25) is 6.08 Å². The summed E-state index contributed by atoms with van der Waals surface area (Å²) in [6.07, 6.45) is 16.7. The minimum absolute atomic E-state index is 0. The third kappa shape index (κ3) is 7.92. The summed E-state index contributed by atoms with van der Waals surface area (Å²) in [5.74, 6) is 3.82. The average Bonchev–Trinajstić information content (AvgIpc) is 3.40. The normalized spacial score (nSPS) is 27.3. The van der Waals surface area contributed by atoms with E-state index in [1.807, 2.05) is 0 Å². The number of halogens is 2. The molecule has 4 bridgehead atoms. The van der Waals surface area contributed by atoms with E-state index in [1.165, 1.54) is 68.9 Å². The molecule has 1 unspecified atom stereocenters. The zero-order valence-electron chi connectivity index (χ0n) is 27.8. The van der Waals surface area contributed by atoms with Crippen molar-refractivity contribution in [1.29, 1.82) is 0 Å². The van der Waals surface area contributed by atoms with Crippen molar-refractivity contribution in [2.45, 2.75) is 111 Å². The fourth-order valence-electron chi connectivity index (χ4n) is 8.94. The van der Waals surface area contributed by atoms with Crippen molar-refractivity contribution in [2.24, 2.45) is 29.1 Å². The molecule has 3 aromatic carbocycles. The Labute approximate surface area is 290 Å². The van der Waals surface area contributed by atoms with Crippen LogP contribution in [-0.2, 0) is 35.1 Å². The van der Waals surface area contributed by atoms with Crippen LogP contribution in [0.3, 0.4) is 0 Å². The van der Waals surface area contributed by atoms with Crippen LogP contribution in [0.2, 0.25) is 0 Å². The molecule has 1 atom stereocenters. The Morgan fingerprint density at radius 3 is 1.56 bits per heavy atom. The van der Waals surface area contributed by atoms with Gasteiger partial charge in [0.2, 0.25) is 0 Å². The average molecular weight is 695 g/mol. The Balaban J connectivity index is 0.000000215. The van der Waals surface area contributed by atoms with Crippen molar-refractivity contribution in [2.75, 3.05) is 0 Å². The van der Waals surface area contributed by atoms with Gasteiger partial charge in [0.05, 0.1) is 0 Å². The number of hydrogen-bond donors (Lipinski definition) is 0. The molecular weight excluding hydrogens is 643 g/mol. The maximum atomic E-state index is 3.57. The summed E-state index contributed by atoms with van der Waals surface area (Å²) in [7, 11) is 0. The van der Waals surface area contributed by atoms with E-state index >= 15 is 0 Å². The van der Waals surface area contributed by atoms with Crippen LogP contribution >= 0.6 is 0 Å². The fourth-order valence-corrected chi connectivity index (χ4v) is 8.94. The van der Waals surface area contributed by atoms with Gasteiger partial charge in [0, 0.05) is 0 Å². The van der Waals surface area contributed by atoms with Crippen LogP contribution in [0, 0.1) is 35.2 Å². The van der Waals surface area contributed by atoms with E-state index in [9.17, 15) is 0 Å². The van der Waals surface area contributed by atoms with Crippen molar-refractivity contribution in [1.82, 2.24) is 0 Å². The van der Waals surface area contributed by atoms with Crippen LogP contribution < -0.4 is 24.8 Å². The molecule has 5 aliphatic carbocycles. The monoisotopic (exact) mass is 692 g/mol. The molecule has 3 heteroatoms. The summed E-state index contributed by atoms with van der Waals surface area (Å²) >= 11 is 1.30. The van der Waals surface area contributed by atoms with Crippen molar-refractivity contribution in [3.63, 3.8) is 0 Å². The van der Waals surface area contributed by atoms with Gasteiger partial charge in [0.1, 0.15) is 0 Å². The third-order valence-corrected chi connectivity index (χ3v) is 10.5. The zero-order valence-corrected chi connectivity index (χ0v) is 31.8. The Morgan fingerprint density at radius 2 is 1.21 bits per heavy atom. The van der Waals surface area contributed by atoms with Crippen molar-refractivity contribution in [3.8, 4) is 0 Å². The second-order valence-electron chi connectivity index (χ2n) is 16.1. The van der Waals surface area contributed by atoms with Gasteiger partial charge >= 0.3 is 28.4 Å². The first-order chi connectivity index (χ1) is 19.3. The van der Waals surface area contributed by atoms with E-state index in [1.54, 1.807) is 44.1 Å². The summed E-state index contributed by atoms with van der Waals surface area (Å²) in [6.45, 7) is 18.2. The number of hydrogen-bond acceptors (Lipinski definition) is 0. The summed E-state index contributed by atoms with van der Waals surface area (Å²) in [5.41, 5.74) is 7.00. The Kier molecular flexibility index (Phi) is 11.8.